The summed E-state index contributed by atoms with van der Waals surface area (Å²) in [5, 5.41) is 0. The lowest BCUT2D eigenvalue weighted by molar-refractivity contribution is 0.124. The molecule has 2 aromatic rings. The van der Waals surface area contributed by atoms with Crippen molar-refractivity contribution in [3.8, 4) is 5.69 Å². The standard InChI is InChI=1S/C11H12BrN3O/c1-8-14-4-5-15(8)11-3-2-9(7-16-13)6-10(11)12/h2-6H,7,13H2,1H3. The molecule has 0 aliphatic carbocycles. The lowest BCUT2D eigenvalue weighted by Gasteiger charge is -2.09. The van der Waals surface area contributed by atoms with E-state index in [1.165, 1.54) is 0 Å². The second kappa shape index (κ2) is 4.78. The van der Waals surface area contributed by atoms with Gasteiger partial charge < -0.3 is 4.57 Å². The van der Waals surface area contributed by atoms with Gasteiger partial charge in [-0.3, -0.25) is 4.84 Å². The maximum atomic E-state index is 5.04. The molecule has 0 saturated heterocycles. The van der Waals surface area contributed by atoms with Gasteiger partial charge in [0.05, 0.1) is 12.3 Å². The summed E-state index contributed by atoms with van der Waals surface area (Å²) in [6.07, 6.45) is 3.70. The van der Waals surface area contributed by atoms with Crippen LogP contribution in [-0.4, -0.2) is 9.55 Å². The SMILES string of the molecule is Cc1nccn1-c1ccc(CON)cc1Br. The molecule has 16 heavy (non-hydrogen) atoms. The summed E-state index contributed by atoms with van der Waals surface area (Å²) in [6, 6.07) is 5.97. The zero-order chi connectivity index (χ0) is 11.5. The van der Waals surface area contributed by atoms with Gasteiger partial charge >= 0.3 is 0 Å². The van der Waals surface area contributed by atoms with E-state index in [-0.39, 0.29) is 0 Å². The summed E-state index contributed by atoms with van der Waals surface area (Å²) < 4.78 is 3.00. The second-order valence-corrected chi connectivity index (χ2v) is 4.30. The third-order valence-electron chi connectivity index (χ3n) is 2.35. The van der Waals surface area contributed by atoms with Crippen LogP contribution in [0.15, 0.2) is 35.1 Å². The van der Waals surface area contributed by atoms with Crippen LogP contribution in [0.3, 0.4) is 0 Å². The average Bonchev–Trinajstić information content (AvgIpc) is 2.65. The predicted molar refractivity (Wildman–Crippen MR) is 65.0 cm³/mol. The molecule has 0 fully saturated rings. The summed E-state index contributed by atoms with van der Waals surface area (Å²) in [4.78, 5) is 8.79. The van der Waals surface area contributed by atoms with Crippen LogP contribution in [-0.2, 0) is 11.4 Å². The number of aryl methyl sites for hydroxylation is 1. The monoisotopic (exact) mass is 281 g/mol. The van der Waals surface area contributed by atoms with E-state index in [0.717, 1.165) is 21.5 Å². The third kappa shape index (κ3) is 2.16. The van der Waals surface area contributed by atoms with Gasteiger partial charge in [-0.2, -0.15) is 0 Å². The van der Waals surface area contributed by atoms with Gasteiger partial charge in [0.25, 0.3) is 0 Å². The number of aromatic nitrogens is 2. The van der Waals surface area contributed by atoms with E-state index in [1.54, 1.807) is 6.20 Å². The van der Waals surface area contributed by atoms with Gasteiger partial charge in [0, 0.05) is 16.9 Å². The normalized spacial score (nSPS) is 10.7. The topological polar surface area (TPSA) is 53.1 Å². The van der Waals surface area contributed by atoms with E-state index in [9.17, 15) is 0 Å². The van der Waals surface area contributed by atoms with Crippen LogP contribution in [0.2, 0.25) is 0 Å². The highest BCUT2D eigenvalue weighted by molar-refractivity contribution is 9.10. The van der Waals surface area contributed by atoms with Gasteiger partial charge in [-0.05, 0) is 40.5 Å². The highest BCUT2D eigenvalue weighted by Crippen LogP contribution is 2.23. The summed E-state index contributed by atoms with van der Waals surface area (Å²) >= 11 is 3.53. The Morgan fingerprint density at radius 1 is 1.50 bits per heavy atom. The lowest BCUT2D eigenvalue weighted by atomic mass is 10.2. The summed E-state index contributed by atoms with van der Waals surface area (Å²) in [5.41, 5.74) is 2.08. The molecule has 0 unspecified atom stereocenters. The van der Waals surface area contributed by atoms with E-state index in [2.05, 4.69) is 25.8 Å². The number of nitrogens with zero attached hydrogens (tertiary/aromatic N) is 2. The number of hydrogen-bond acceptors (Lipinski definition) is 3. The van der Waals surface area contributed by atoms with E-state index in [1.807, 2.05) is 35.9 Å². The number of benzene rings is 1. The minimum Gasteiger partial charge on any atom is -0.303 e. The fourth-order valence-electron chi connectivity index (χ4n) is 1.56. The zero-order valence-electron chi connectivity index (χ0n) is 8.85. The molecule has 0 aliphatic rings. The van der Waals surface area contributed by atoms with Crippen molar-refractivity contribution in [1.82, 2.24) is 9.55 Å². The highest BCUT2D eigenvalue weighted by atomic mass is 79.9. The fourth-order valence-corrected chi connectivity index (χ4v) is 2.18. The number of halogens is 1. The average molecular weight is 282 g/mol. The Morgan fingerprint density at radius 2 is 2.31 bits per heavy atom. The van der Waals surface area contributed by atoms with E-state index < -0.39 is 0 Å². The van der Waals surface area contributed by atoms with E-state index >= 15 is 0 Å². The molecule has 0 spiro atoms. The van der Waals surface area contributed by atoms with Gasteiger partial charge in [-0.1, -0.05) is 6.07 Å². The smallest absolute Gasteiger partial charge is 0.110 e. The molecule has 2 rings (SSSR count). The molecule has 0 bridgehead atoms. The highest BCUT2D eigenvalue weighted by Gasteiger charge is 2.05. The van der Waals surface area contributed by atoms with Crippen molar-refractivity contribution in [2.75, 3.05) is 0 Å². The largest absolute Gasteiger partial charge is 0.303 e. The maximum absolute atomic E-state index is 5.04. The molecular weight excluding hydrogens is 270 g/mol. The van der Waals surface area contributed by atoms with Gasteiger partial charge in [-0.15, -0.1) is 0 Å². The van der Waals surface area contributed by atoms with Crippen LogP contribution in [0.4, 0.5) is 0 Å². The molecule has 0 aliphatic heterocycles. The van der Waals surface area contributed by atoms with Crippen molar-refractivity contribution in [1.29, 1.82) is 0 Å². The second-order valence-electron chi connectivity index (χ2n) is 3.44. The van der Waals surface area contributed by atoms with E-state index in [4.69, 9.17) is 5.90 Å². The molecule has 4 nitrogen and oxygen atoms in total. The van der Waals surface area contributed by atoms with Gasteiger partial charge in [0.15, 0.2) is 0 Å². The third-order valence-corrected chi connectivity index (χ3v) is 2.98. The Balaban J connectivity index is 2.40. The first-order valence-corrected chi connectivity index (χ1v) is 5.62. The number of nitrogens with two attached hydrogens (primary N) is 1. The zero-order valence-corrected chi connectivity index (χ0v) is 10.4. The molecule has 1 aromatic heterocycles. The Kier molecular flexibility index (Phi) is 3.38. The van der Waals surface area contributed by atoms with Crippen LogP contribution >= 0.6 is 15.9 Å². The first kappa shape index (κ1) is 11.3. The molecular formula is C11H12BrN3O. The van der Waals surface area contributed by atoms with Gasteiger partial charge in [0.1, 0.15) is 5.82 Å². The van der Waals surface area contributed by atoms with Gasteiger partial charge in [0.2, 0.25) is 0 Å². The number of hydrogen-bond donors (Lipinski definition) is 1. The fraction of sp³-hybridized carbons (Fsp3) is 0.182. The van der Waals surface area contributed by atoms with Crippen molar-refractivity contribution in [3.63, 3.8) is 0 Å². The quantitative estimate of drug-likeness (QED) is 0.879. The Hall–Kier alpha value is -1.17. The van der Waals surface area contributed by atoms with Crippen molar-refractivity contribution in [3.05, 3.63) is 46.5 Å². The molecule has 0 saturated carbocycles. The number of imidazole rings is 1. The minimum atomic E-state index is 0.405. The molecule has 2 N–H and O–H groups in total. The summed E-state index contributed by atoms with van der Waals surface area (Å²) in [6.45, 7) is 2.37. The van der Waals surface area contributed by atoms with Crippen molar-refractivity contribution < 1.29 is 4.84 Å². The Morgan fingerprint density at radius 3 is 2.88 bits per heavy atom. The van der Waals surface area contributed by atoms with Crippen LogP contribution < -0.4 is 5.90 Å². The molecule has 0 atom stereocenters. The molecule has 1 aromatic carbocycles. The van der Waals surface area contributed by atoms with Crippen LogP contribution in [0.1, 0.15) is 11.4 Å². The predicted octanol–water partition coefficient (Wildman–Crippen LogP) is 2.33. The molecule has 0 radical (unpaired) electrons. The van der Waals surface area contributed by atoms with Gasteiger partial charge in [-0.25, -0.2) is 10.9 Å². The van der Waals surface area contributed by atoms with Crippen molar-refractivity contribution >= 4 is 15.9 Å². The number of rotatable bonds is 3. The lowest BCUT2D eigenvalue weighted by Crippen LogP contribution is -2.01. The van der Waals surface area contributed by atoms with Crippen LogP contribution in [0.5, 0.6) is 0 Å². The molecule has 84 valence electrons. The minimum absolute atomic E-state index is 0.405. The first-order valence-electron chi connectivity index (χ1n) is 4.83. The molecule has 5 heteroatoms. The molecule has 1 heterocycles. The molecule has 0 amide bonds. The van der Waals surface area contributed by atoms with E-state index in [0.29, 0.717) is 6.61 Å². The Labute approximate surface area is 102 Å². The first-order chi connectivity index (χ1) is 7.72. The Bertz CT molecular complexity index is 496. The maximum Gasteiger partial charge on any atom is 0.110 e. The van der Waals surface area contributed by atoms with Crippen molar-refractivity contribution in [2.45, 2.75) is 13.5 Å². The van der Waals surface area contributed by atoms with Crippen LogP contribution in [0, 0.1) is 6.92 Å². The summed E-state index contributed by atoms with van der Waals surface area (Å²) in [7, 11) is 0. The van der Waals surface area contributed by atoms with Crippen LogP contribution in [0.25, 0.3) is 5.69 Å². The van der Waals surface area contributed by atoms with Crippen molar-refractivity contribution in [2.24, 2.45) is 5.90 Å². The summed E-state index contributed by atoms with van der Waals surface area (Å²) in [5.74, 6) is 5.98.